The van der Waals surface area contributed by atoms with Gasteiger partial charge in [-0.15, -0.1) is 0 Å². The van der Waals surface area contributed by atoms with Gasteiger partial charge in [-0.2, -0.15) is 13.2 Å². The van der Waals surface area contributed by atoms with Crippen molar-refractivity contribution in [2.45, 2.75) is 25.7 Å². The number of H-pyrrole nitrogens is 1. The van der Waals surface area contributed by atoms with Crippen molar-refractivity contribution in [2.75, 3.05) is 0 Å². The van der Waals surface area contributed by atoms with Crippen LogP contribution in [0.15, 0.2) is 36.8 Å². The number of alkyl halides is 3. The summed E-state index contributed by atoms with van der Waals surface area (Å²) in [6.07, 6.45) is -1.00. The fraction of sp³-hybridized carbons (Fsp3) is 0.308. The van der Waals surface area contributed by atoms with E-state index < -0.39 is 11.7 Å². The molecule has 2 N–H and O–H groups in total. The summed E-state index contributed by atoms with van der Waals surface area (Å²) in [7, 11) is 0. The number of halogens is 3. The van der Waals surface area contributed by atoms with E-state index in [0.29, 0.717) is 6.54 Å². The van der Waals surface area contributed by atoms with Gasteiger partial charge in [0, 0.05) is 24.5 Å². The Bertz CT molecular complexity index is 503. The van der Waals surface area contributed by atoms with Gasteiger partial charge in [0.05, 0.1) is 11.9 Å². The topological polar surface area (TPSA) is 40.7 Å². The normalized spacial score (nSPS) is 13.5. The zero-order valence-electron chi connectivity index (χ0n) is 10.3. The van der Waals surface area contributed by atoms with Crippen LogP contribution in [0, 0.1) is 0 Å². The number of nitrogens with one attached hydrogen (secondary N) is 2. The third-order valence-electron chi connectivity index (χ3n) is 2.89. The second kappa shape index (κ2) is 5.44. The highest BCUT2D eigenvalue weighted by Gasteiger charge is 2.30. The maximum Gasteiger partial charge on any atom is 0.416 e. The molecule has 0 spiro atoms. The fourth-order valence-electron chi connectivity index (χ4n) is 1.72. The summed E-state index contributed by atoms with van der Waals surface area (Å²) in [6.45, 7) is 2.49. The van der Waals surface area contributed by atoms with Crippen molar-refractivity contribution >= 4 is 0 Å². The van der Waals surface area contributed by atoms with E-state index in [9.17, 15) is 13.2 Å². The Hall–Kier alpha value is -1.82. The Morgan fingerprint density at radius 3 is 2.47 bits per heavy atom. The number of hydrogen-bond acceptors (Lipinski definition) is 2. The van der Waals surface area contributed by atoms with Gasteiger partial charge in [0.1, 0.15) is 0 Å². The van der Waals surface area contributed by atoms with E-state index in [4.69, 9.17) is 0 Å². The maximum absolute atomic E-state index is 12.4. The molecule has 1 aromatic carbocycles. The van der Waals surface area contributed by atoms with E-state index in [1.807, 2.05) is 6.92 Å². The lowest BCUT2D eigenvalue weighted by Crippen LogP contribution is -2.18. The molecule has 0 radical (unpaired) electrons. The average molecular weight is 269 g/mol. The SMILES string of the molecule is CC(NCc1cnc[nH]1)c1ccc(C(F)(F)F)cc1. The molecule has 0 aliphatic heterocycles. The van der Waals surface area contributed by atoms with Gasteiger partial charge in [-0.1, -0.05) is 12.1 Å². The molecular formula is C13H14F3N3. The van der Waals surface area contributed by atoms with Crippen molar-refractivity contribution in [1.82, 2.24) is 15.3 Å². The Morgan fingerprint density at radius 1 is 1.26 bits per heavy atom. The molecular weight excluding hydrogens is 255 g/mol. The first-order valence-electron chi connectivity index (χ1n) is 5.84. The fourth-order valence-corrected chi connectivity index (χ4v) is 1.72. The zero-order valence-corrected chi connectivity index (χ0v) is 10.3. The molecule has 0 saturated carbocycles. The minimum atomic E-state index is -4.29. The quantitative estimate of drug-likeness (QED) is 0.894. The molecule has 0 aliphatic carbocycles. The second-order valence-electron chi connectivity index (χ2n) is 4.30. The third-order valence-corrected chi connectivity index (χ3v) is 2.89. The average Bonchev–Trinajstić information content (AvgIpc) is 2.88. The van der Waals surface area contributed by atoms with Crippen molar-refractivity contribution in [3.8, 4) is 0 Å². The molecule has 3 nitrogen and oxygen atoms in total. The number of aromatic nitrogens is 2. The van der Waals surface area contributed by atoms with Gasteiger partial charge in [0.25, 0.3) is 0 Å². The van der Waals surface area contributed by atoms with Gasteiger partial charge in [-0.05, 0) is 24.6 Å². The minimum absolute atomic E-state index is 0.0365. The lowest BCUT2D eigenvalue weighted by molar-refractivity contribution is -0.137. The molecule has 2 aromatic rings. The predicted molar refractivity (Wildman–Crippen MR) is 65.3 cm³/mol. The highest BCUT2D eigenvalue weighted by molar-refractivity contribution is 5.26. The Balaban J connectivity index is 1.97. The van der Waals surface area contributed by atoms with Crippen LogP contribution in [0.1, 0.15) is 29.8 Å². The summed E-state index contributed by atoms with van der Waals surface area (Å²) in [5.74, 6) is 0. The summed E-state index contributed by atoms with van der Waals surface area (Å²) in [5, 5.41) is 3.21. The van der Waals surface area contributed by atoms with Gasteiger partial charge < -0.3 is 10.3 Å². The van der Waals surface area contributed by atoms with Crippen LogP contribution in [0.5, 0.6) is 0 Å². The first-order chi connectivity index (χ1) is 8.97. The van der Waals surface area contributed by atoms with Crippen LogP contribution in [0.25, 0.3) is 0 Å². The number of imidazole rings is 1. The van der Waals surface area contributed by atoms with E-state index in [1.165, 1.54) is 12.1 Å². The monoisotopic (exact) mass is 269 g/mol. The Kier molecular flexibility index (Phi) is 3.90. The van der Waals surface area contributed by atoms with E-state index in [1.54, 1.807) is 12.5 Å². The molecule has 1 atom stereocenters. The van der Waals surface area contributed by atoms with E-state index in [-0.39, 0.29) is 6.04 Å². The predicted octanol–water partition coefficient (Wildman–Crippen LogP) is 3.28. The molecule has 6 heteroatoms. The van der Waals surface area contributed by atoms with E-state index >= 15 is 0 Å². The van der Waals surface area contributed by atoms with Crippen molar-refractivity contribution in [2.24, 2.45) is 0 Å². The molecule has 0 aliphatic rings. The van der Waals surface area contributed by atoms with Gasteiger partial charge in [0.15, 0.2) is 0 Å². The first-order valence-corrected chi connectivity index (χ1v) is 5.84. The highest BCUT2D eigenvalue weighted by atomic mass is 19.4. The molecule has 102 valence electrons. The Morgan fingerprint density at radius 2 is 1.95 bits per heavy atom. The Labute approximate surface area is 108 Å². The standard InChI is InChI=1S/C13H14F3N3/c1-9(18-7-12-6-17-8-19-12)10-2-4-11(5-3-10)13(14,15)16/h2-6,8-9,18H,7H2,1H3,(H,17,19). The van der Waals surface area contributed by atoms with Gasteiger partial charge in [-0.3, -0.25) is 0 Å². The van der Waals surface area contributed by atoms with Gasteiger partial charge >= 0.3 is 6.18 Å². The molecule has 0 bridgehead atoms. The summed E-state index contributed by atoms with van der Waals surface area (Å²) in [5.41, 5.74) is 1.11. The molecule has 0 amide bonds. The lowest BCUT2D eigenvalue weighted by atomic mass is 10.1. The number of aromatic amines is 1. The van der Waals surface area contributed by atoms with Gasteiger partial charge in [0.2, 0.25) is 0 Å². The molecule has 19 heavy (non-hydrogen) atoms. The maximum atomic E-state index is 12.4. The molecule has 0 fully saturated rings. The molecule has 1 aromatic heterocycles. The van der Waals surface area contributed by atoms with Crippen LogP contribution in [0.3, 0.4) is 0 Å². The molecule has 1 heterocycles. The summed E-state index contributed by atoms with van der Waals surface area (Å²) >= 11 is 0. The largest absolute Gasteiger partial charge is 0.416 e. The van der Waals surface area contributed by atoms with Crippen molar-refractivity contribution in [3.63, 3.8) is 0 Å². The van der Waals surface area contributed by atoms with Crippen molar-refractivity contribution < 1.29 is 13.2 Å². The van der Waals surface area contributed by atoms with Crippen LogP contribution < -0.4 is 5.32 Å². The summed E-state index contributed by atoms with van der Waals surface area (Å²) in [6, 6.07) is 5.15. The van der Waals surface area contributed by atoms with Crippen LogP contribution in [0.4, 0.5) is 13.2 Å². The van der Waals surface area contributed by atoms with Crippen LogP contribution in [-0.2, 0) is 12.7 Å². The summed E-state index contributed by atoms with van der Waals surface area (Å²) < 4.78 is 37.3. The number of rotatable bonds is 4. The van der Waals surface area contributed by atoms with Crippen LogP contribution in [-0.4, -0.2) is 9.97 Å². The molecule has 0 saturated heterocycles. The van der Waals surface area contributed by atoms with Crippen molar-refractivity contribution in [1.29, 1.82) is 0 Å². The zero-order chi connectivity index (χ0) is 13.9. The molecule has 2 rings (SSSR count). The third kappa shape index (κ3) is 3.57. The highest BCUT2D eigenvalue weighted by Crippen LogP contribution is 2.29. The lowest BCUT2D eigenvalue weighted by Gasteiger charge is -2.14. The summed E-state index contributed by atoms with van der Waals surface area (Å²) in [4.78, 5) is 6.84. The van der Waals surface area contributed by atoms with Crippen LogP contribution >= 0.6 is 0 Å². The van der Waals surface area contributed by atoms with Gasteiger partial charge in [-0.25, -0.2) is 4.98 Å². The van der Waals surface area contributed by atoms with E-state index in [0.717, 1.165) is 23.4 Å². The molecule has 1 unspecified atom stereocenters. The first kappa shape index (κ1) is 13.6. The number of benzene rings is 1. The minimum Gasteiger partial charge on any atom is -0.347 e. The van der Waals surface area contributed by atoms with Crippen LogP contribution in [0.2, 0.25) is 0 Å². The van der Waals surface area contributed by atoms with E-state index in [2.05, 4.69) is 15.3 Å². The number of hydrogen-bond donors (Lipinski definition) is 2. The second-order valence-corrected chi connectivity index (χ2v) is 4.30. The number of nitrogens with zero attached hydrogens (tertiary/aromatic N) is 1. The van der Waals surface area contributed by atoms with Crippen molar-refractivity contribution in [3.05, 3.63) is 53.6 Å². The smallest absolute Gasteiger partial charge is 0.347 e.